The van der Waals surface area contributed by atoms with Gasteiger partial charge in [0.25, 0.3) is 11.5 Å². The predicted octanol–water partition coefficient (Wildman–Crippen LogP) is 2.60. The van der Waals surface area contributed by atoms with E-state index >= 15 is 0 Å². The highest BCUT2D eigenvalue weighted by atomic mass is 16.2. The van der Waals surface area contributed by atoms with E-state index in [1.807, 2.05) is 48.5 Å². The second kappa shape index (κ2) is 6.91. The third-order valence-electron chi connectivity index (χ3n) is 3.69. The third-order valence-corrected chi connectivity index (χ3v) is 3.69. The van der Waals surface area contributed by atoms with Crippen molar-refractivity contribution in [2.75, 3.05) is 0 Å². The smallest absolute Gasteiger partial charge is 0.260 e. The molecule has 0 aliphatic rings. The number of H-pyrrole nitrogens is 1. The van der Waals surface area contributed by atoms with Gasteiger partial charge in [0.15, 0.2) is 0 Å². The summed E-state index contributed by atoms with van der Waals surface area (Å²) in [6.07, 6.45) is 1.68. The lowest BCUT2D eigenvalue weighted by Gasteiger charge is -2.18. The highest BCUT2D eigenvalue weighted by Crippen LogP contribution is 2.20. The summed E-state index contributed by atoms with van der Waals surface area (Å²) < 4.78 is 0. The number of carbonyl (C=O) groups is 1. The molecule has 24 heavy (non-hydrogen) atoms. The number of nitrogens with zero attached hydrogens (tertiary/aromatic N) is 1. The first-order chi connectivity index (χ1) is 11.6. The van der Waals surface area contributed by atoms with Gasteiger partial charge in [-0.1, -0.05) is 36.4 Å². The number of benzene rings is 1. The van der Waals surface area contributed by atoms with Crippen LogP contribution < -0.4 is 10.9 Å². The first kappa shape index (κ1) is 15.7. The zero-order valence-corrected chi connectivity index (χ0v) is 13.2. The van der Waals surface area contributed by atoms with Crippen molar-refractivity contribution in [2.24, 2.45) is 0 Å². The Morgan fingerprint density at radius 1 is 1.04 bits per heavy atom. The van der Waals surface area contributed by atoms with E-state index < -0.39 is 17.5 Å². The maximum absolute atomic E-state index is 12.6. The van der Waals surface area contributed by atoms with Gasteiger partial charge in [-0.05, 0) is 36.8 Å². The van der Waals surface area contributed by atoms with Gasteiger partial charge in [0.1, 0.15) is 5.56 Å². The first-order valence-corrected chi connectivity index (χ1v) is 7.62. The molecule has 1 atom stereocenters. The summed E-state index contributed by atoms with van der Waals surface area (Å²) in [6.45, 7) is 1.77. The van der Waals surface area contributed by atoms with E-state index in [2.05, 4.69) is 15.3 Å². The van der Waals surface area contributed by atoms with Crippen LogP contribution in [0.25, 0.3) is 0 Å². The quantitative estimate of drug-likeness (QED) is 0.776. The van der Waals surface area contributed by atoms with Crippen LogP contribution in [0.15, 0.2) is 71.7 Å². The minimum Gasteiger partial charge on any atom is -0.339 e. The Morgan fingerprint density at radius 3 is 2.46 bits per heavy atom. The van der Waals surface area contributed by atoms with Crippen LogP contribution in [0.5, 0.6) is 0 Å². The third kappa shape index (κ3) is 3.41. The molecule has 3 aromatic rings. The molecule has 2 N–H and O–H groups in total. The van der Waals surface area contributed by atoms with Gasteiger partial charge in [0, 0.05) is 11.9 Å². The normalized spacial score (nSPS) is 11.7. The number of amides is 1. The van der Waals surface area contributed by atoms with Gasteiger partial charge in [-0.3, -0.25) is 14.6 Å². The zero-order valence-electron chi connectivity index (χ0n) is 13.2. The highest BCUT2D eigenvalue weighted by Gasteiger charge is 2.20. The van der Waals surface area contributed by atoms with E-state index in [4.69, 9.17) is 0 Å². The first-order valence-electron chi connectivity index (χ1n) is 7.62. The summed E-state index contributed by atoms with van der Waals surface area (Å²) in [7, 11) is 0. The van der Waals surface area contributed by atoms with Crippen LogP contribution in [0.3, 0.4) is 0 Å². The average Bonchev–Trinajstić information content (AvgIpc) is 2.61. The molecule has 2 aromatic heterocycles. The van der Waals surface area contributed by atoms with Crippen molar-refractivity contribution in [3.63, 3.8) is 0 Å². The fourth-order valence-electron chi connectivity index (χ4n) is 2.48. The predicted molar refractivity (Wildman–Crippen MR) is 91.8 cm³/mol. The van der Waals surface area contributed by atoms with Gasteiger partial charge in [0.2, 0.25) is 0 Å². The number of aryl methyl sites for hydroxylation is 1. The second-order valence-electron chi connectivity index (χ2n) is 5.46. The van der Waals surface area contributed by atoms with Crippen molar-refractivity contribution in [3.8, 4) is 0 Å². The molecule has 1 aromatic carbocycles. The lowest BCUT2D eigenvalue weighted by molar-refractivity contribution is 0.0940. The van der Waals surface area contributed by atoms with Gasteiger partial charge < -0.3 is 10.3 Å². The molecule has 1 amide bonds. The molecular weight excluding hydrogens is 302 g/mol. The van der Waals surface area contributed by atoms with Crippen LogP contribution in [-0.4, -0.2) is 15.9 Å². The van der Waals surface area contributed by atoms with Gasteiger partial charge in [-0.25, -0.2) is 0 Å². The molecule has 0 aliphatic carbocycles. The molecule has 3 rings (SSSR count). The standard InChI is InChI=1S/C19H17N3O2/c1-13-10-11-15(18(23)21-13)19(24)22-17(14-7-3-2-4-8-14)16-9-5-6-12-20-16/h2-12,17H,1H3,(H,21,23)(H,22,24). The molecule has 1 unspecified atom stereocenters. The molecule has 120 valence electrons. The lowest BCUT2D eigenvalue weighted by atomic mass is 10.0. The molecule has 5 nitrogen and oxygen atoms in total. The molecule has 0 saturated heterocycles. The number of nitrogens with one attached hydrogen (secondary N) is 2. The zero-order chi connectivity index (χ0) is 16.9. The van der Waals surface area contributed by atoms with Gasteiger partial charge >= 0.3 is 0 Å². The number of pyridine rings is 2. The van der Waals surface area contributed by atoms with Crippen LogP contribution in [-0.2, 0) is 0 Å². The van der Waals surface area contributed by atoms with E-state index in [0.717, 1.165) is 5.56 Å². The Morgan fingerprint density at radius 2 is 1.79 bits per heavy atom. The monoisotopic (exact) mass is 319 g/mol. The summed E-state index contributed by atoms with van der Waals surface area (Å²) in [5.41, 5.74) is 1.99. The van der Waals surface area contributed by atoms with Gasteiger partial charge in [-0.15, -0.1) is 0 Å². The summed E-state index contributed by atoms with van der Waals surface area (Å²) in [5, 5.41) is 2.90. The van der Waals surface area contributed by atoms with Crippen molar-refractivity contribution in [3.05, 3.63) is 99.7 Å². The van der Waals surface area contributed by atoms with Crippen molar-refractivity contribution in [1.29, 1.82) is 0 Å². The molecule has 0 radical (unpaired) electrons. The van der Waals surface area contributed by atoms with Crippen molar-refractivity contribution in [2.45, 2.75) is 13.0 Å². The molecule has 2 heterocycles. The van der Waals surface area contributed by atoms with Crippen molar-refractivity contribution < 1.29 is 4.79 Å². The number of carbonyl (C=O) groups excluding carboxylic acids is 1. The number of hydrogen-bond acceptors (Lipinski definition) is 3. The SMILES string of the molecule is Cc1ccc(C(=O)NC(c2ccccc2)c2ccccn2)c(=O)[nH]1. The summed E-state index contributed by atoms with van der Waals surface area (Å²) in [4.78, 5) is 31.6. The molecule has 0 saturated carbocycles. The second-order valence-corrected chi connectivity index (χ2v) is 5.46. The van der Waals surface area contributed by atoms with Crippen molar-refractivity contribution in [1.82, 2.24) is 15.3 Å². The molecule has 5 heteroatoms. The van der Waals surface area contributed by atoms with Crippen molar-refractivity contribution >= 4 is 5.91 Å². The van der Waals surface area contributed by atoms with E-state index in [-0.39, 0.29) is 5.56 Å². The minimum atomic E-state index is -0.434. The number of aromatic amines is 1. The van der Waals surface area contributed by atoms with Gasteiger partial charge in [-0.2, -0.15) is 0 Å². The lowest BCUT2D eigenvalue weighted by Crippen LogP contribution is -2.33. The number of aromatic nitrogens is 2. The summed E-state index contributed by atoms with van der Waals surface area (Å²) >= 11 is 0. The highest BCUT2D eigenvalue weighted by molar-refractivity contribution is 5.94. The van der Waals surface area contributed by atoms with Crippen LogP contribution in [0.1, 0.15) is 33.4 Å². The van der Waals surface area contributed by atoms with E-state index in [0.29, 0.717) is 11.4 Å². The maximum atomic E-state index is 12.6. The van der Waals surface area contributed by atoms with Crippen LogP contribution in [0.2, 0.25) is 0 Å². The van der Waals surface area contributed by atoms with E-state index in [1.54, 1.807) is 19.2 Å². The summed E-state index contributed by atoms with van der Waals surface area (Å²) in [5.74, 6) is -0.434. The minimum absolute atomic E-state index is 0.0810. The van der Waals surface area contributed by atoms with Gasteiger partial charge in [0.05, 0.1) is 11.7 Å². The Kier molecular flexibility index (Phi) is 4.52. The maximum Gasteiger partial charge on any atom is 0.260 e. The van der Waals surface area contributed by atoms with Crippen LogP contribution in [0, 0.1) is 6.92 Å². The number of hydrogen-bond donors (Lipinski definition) is 2. The van der Waals surface area contributed by atoms with E-state index in [1.165, 1.54) is 6.07 Å². The topological polar surface area (TPSA) is 74.8 Å². The fraction of sp³-hybridized carbons (Fsp3) is 0.105. The summed E-state index contributed by atoms with van der Waals surface area (Å²) in [6, 6.07) is 17.9. The molecule has 0 spiro atoms. The molecule has 0 bridgehead atoms. The fourth-order valence-corrected chi connectivity index (χ4v) is 2.48. The molecule has 0 fully saturated rings. The molecule has 0 aliphatic heterocycles. The van der Waals surface area contributed by atoms with Crippen LogP contribution in [0.4, 0.5) is 0 Å². The largest absolute Gasteiger partial charge is 0.339 e. The molecular formula is C19H17N3O2. The Bertz CT molecular complexity index is 850. The Balaban J connectivity index is 1.95. The number of rotatable bonds is 4. The Labute approximate surface area is 139 Å². The van der Waals surface area contributed by atoms with E-state index in [9.17, 15) is 9.59 Å². The average molecular weight is 319 g/mol. The Hall–Kier alpha value is -3.21. The van der Waals surface area contributed by atoms with Crippen LogP contribution >= 0.6 is 0 Å².